The normalized spacial score (nSPS) is 14.5. The summed E-state index contributed by atoms with van der Waals surface area (Å²) in [6.07, 6.45) is 0. The molecule has 11 aromatic carbocycles. The lowest BCUT2D eigenvalue weighted by Gasteiger charge is -2.37. The van der Waals surface area contributed by atoms with Gasteiger partial charge in [0, 0.05) is 53.9 Å². The molecule has 0 radical (unpaired) electrons. The van der Waals surface area contributed by atoms with E-state index >= 15 is 0 Å². The predicted octanol–water partition coefficient (Wildman–Crippen LogP) is 18.6. The number of para-hydroxylation sites is 2. The molecular formula is C67H42N2S. The zero-order chi connectivity index (χ0) is 45.9. The second-order valence-electron chi connectivity index (χ2n) is 18.7. The number of fused-ring (bicyclic) bond motifs is 21. The fourth-order valence-corrected chi connectivity index (χ4v) is 13.6. The van der Waals surface area contributed by atoms with Gasteiger partial charge in [0.25, 0.3) is 0 Å². The van der Waals surface area contributed by atoms with Crippen LogP contribution in [-0.2, 0) is 5.41 Å². The first kappa shape index (κ1) is 39.3. The van der Waals surface area contributed by atoms with Gasteiger partial charge in [-0.25, -0.2) is 0 Å². The monoisotopic (exact) mass is 906 g/mol. The number of hydrogen-bond acceptors (Lipinski definition) is 3. The maximum absolute atomic E-state index is 4.04. The molecule has 0 saturated carbocycles. The zero-order valence-corrected chi connectivity index (χ0v) is 38.8. The average Bonchev–Trinajstić information content (AvgIpc) is 3.87. The van der Waals surface area contributed by atoms with Gasteiger partial charge in [-0.15, -0.1) is 11.3 Å². The van der Waals surface area contributed by atoms with Crippen molar-refractivity contribution in [2.75, 3.05) is 10.2 Å². The molecule has 0 bridgehead atoms. The van der Waals surface area contributed by atoms with E-state index in [1.165, 1.54) is 104 Å². The van der Waals surface area contributed by atoms with Gasteiger partial charge in [0.15, 0.2) is 0 Å². The largest absolute Gasteiger partial charge is 0.353 e. The molecule has 2 heterocycles. The summed E-state index contributed by atoms with van der Waals surface area (Å²) in [5, 5.41) is 6.67. The second-order valence-corrected chi connectivity index (χ2v) is 19.8. The summed E-state index contributed by atoms with van der Waals surface area (Å²) in [6.45, 7) is 0. The van der Waals surface area contributed by atoms with Crippen molar-refractivity contribution >= 4 is 59.9 Å². The summed E-state index contributed by atoms with van der Waals surface area (Å²) in [7, 11) is 0. The van der Waals surface area contributed by atoms with E-state index in [4.69, 9.17) is 0 Å². The Bertz CT molecular complexity index is 4110. The van der Waals surface area contributed by atoms with E-state index in [0.29, 0.717) is 0 Å². The SMILES string of the molecule is c1ccc(-c2ccc(N(c3ccc4c(c3)C3(c5ccccc5-c5ccccc5-4)c4ccccc4-c4c3ccc3c4sc4ccccc43)c3cccc4c3Nc3ccccc3-c3ccccc3-4)cc2)cc1. The highest BCUT2D eigenvalue weighted by Gasteiger charge is 2.50. The van der Waals surface area contributed by atoms with E-state index in [2.05, 4.69) is 259 Å². The van der Waals surface area contributed by atoms with Crippen molar-refractivity contribution in [3.05, 3.63) is 271 Å². The standard InChI is InChI=1S/C67H42N2S/c1-2-17-42(18-3-1)43-33-35-44(36-34-43)69(62-31-16-27-54-49-22-7-6-21-48(49)52-24-10-14-30-61(52)68-65(54)62)45-37-38-51-47-20-5-4-19-46(47)50-23-8-12-28-57(50)67(60(51)41-45)58-29-13-9-26-56(58)64-59(67)40-39-55-53-25-11-15-32-63(53)70-66(55)64/h1-41,68H. The van der Waals surface area contributed by atoms with Crippen molar-refractivity contribution in [2.45, 2.75) is 5.41 Å². The Morgan fingerprint density at radius 1 is 0.343 bits per heavy atom. The minimum Gasteiger partial charge on any atom is -0.353 e. The van der Waals surface area contributed by atoms with Crippen LogP contribution in [0.1, 0.15) is 22.3 Å². The van der Waals surface area contributed by atoms with Gasteiger partial charge < -0.3 is 10.2 Å². The van der Waals surface area contributed by atoms with Crippen molar-refractivity contribution in [3.63, 3.8) is 0 Å². The molecular weight excluding hydrogens is 865 g/mol. The van der Waals surface area contributed by atoms with Crippen LogP contribution in [0.4, 0.5) is 28.4 Å². The molecule has 15 rings (SSSR count). The highest BCUT2D eigenvalue weighted by Crippen LogP contribution is 2.64. The van der Waals surface area contributed by atoms with Gasteiger partial charge in [-0.05, 0) is 115 Å². The van der Waals surface area contributed by atoms with Crippen LogP contribution in [0.3, 0.4) is 0 Å². The van der Waals surface area contributed by atoms with Gasteiger partial charge in [-0.2, -0.15) is 0 Å². The lowest BCUT2D eigenvalue weighted by Crippen LogP contribution is -2.29. The van der Waals surface area contributed by atoms with E-state index in [1.807, 2.05) is 11.3 Å². The molecule has 1 spiro atoms. The third-order valence-electron chi connectivity index (χ3n) is 15.3. The number of benzene rings is 11. The molecule has 1 aliphatic heterocycles. The first-order valence-electron chi connectivity index (χ1n) is 24.2. The molecule has 12 aromatic rings. The van der Waals surface area contributed by atoms with Crippen LogP contribution in [-0.4, -0.2) is 0 Å². The van der Waals surface area contributed by atoms with E-state index in [0.717, 1.165) is 34.0 Å². The van der Waals surface area contributed by atoms with Gasteiger partial charge in [0.1, 0.15) is 0 Å². The van der Waals surface area contributed by atoms with E-state index < -0.39 is 5.41 Å². The van der Waals surface area contributed by atoms with Crippen molar-refractivity contribution in [3.8, 4) is 66.8 Å². The molecule has 3 heteroatoms. The molecule has 2 nitrogen and oxygen atoms in total. The maximum atomic E-state index is 4.04. The highest BCUT2D eigenvalue weighted by atomic mass is 32.1. The van der Waals surface area contributed by atoms with Gasteiger partial charge in [-0.1, -0.05) is 206 Å². The highest BCUT2D eigenvalue weighted by molar-refractivity contribution is 7.26. The third kappa shape index (κ3) is 5.49. The summed E-state index contributed by atoms with van der Waals surface area (Å²) in [5.41, 5.74) is 24.7. The smallest absolute Gasteiger partial charge is 0.0726 e. The number of hydrogen-bond donors (Lipinski definition) is 1. The summed E-state index contributed by atoms with van der Waals surface area (Å²) < 4.78 is 2.66. The number of nitrogens with one attached hydrogen (secondary N) is 1. The van der Waals surface area contributed by atoms with E-state index in [9.17, 15) is 0 Å². The molecule has 2 aliphatic carbocycles. The molecule has 1 aromatic heterocycles. The Morgan fingerprint density at radius 2 is 0.900 bits per heavy atom. The molecule has 0 fully saturated rings. The molecule has 70 heavy (non-hydrogen) atoms. The molecule has 0 saturated heterocycles. The van der Waals surface area contributed by atoms with Crippen LogP contribution >= 0.6 is 11.3 Å². The second kappa shape index (κ2) is 15.1. The number of anilines is 5. The van der Waals surface area contributed by atoms with Gasteiger partial charge in [0.05, 0.1) is 16.8 Å². The van der Waals surface area contributed by atoms with Gasteiger partial charge in [-0.3, -0.25) is 0 Å². The molecule has 3 aliphatic rings. The van der Waals surface area contributed by atoms with Crippen LogP contribution in [0.15, 0.2) is 249 Å². The molecule has 1 atom stereocenters. The summed E-state index contributed by atoms with van der Waals surface area (Å²) in [5.74, 6) is 0. The number of rotatable bonds is 4. The van der Waals surface area contributed by atoms with Crippen molar-refractivity contribution in [2.24, 2.45) is 0 Å². The fraction of sp³-hybridized carbons (Fsp3) is 0.0149. The Kier molecular flexibility index (Phi) is 8.48. The lowest BCUT2D eigenvalue weighted by molar-refractivity contribution is 0.776. The van der Waals surface area contributed by atoms with Crippen molar-refractivity contribution in [1.82, 2.24) is 0 Å². The van der Waals surface area contributed by atoms with Gasteiger partial charge >= 0.3 is 0 Å². The Labute approximate surface area is 411 Å². The van der Waals surface area contributed by atoms with Crippen molar-refractivity contribution in [1.29, 1.82) is 0 Å². The summed E-state index contributed by atoms with van der Waals surface area (Å²) >= 11 is 1.93. The van der Waals surface area contributed by atoms with Crippen LogP contribution in [0.5, 0.6) is 0 Å². The molecule has 1 N–H and O–H groups in total. The summed E-state index contributed by atoms with van der Waals surface area (Å²) in [6, 6.07) is 92.8. The van der Waals surface area contributed by atoms with E-state index in [-0.39, 0.29) is 0 Å². The minimum atomic E-state index is -0.663. The van der Waals surface area contributed by atoms with Crippen LogP contribution in [0.2, 0.25) is 0 Å². The predicted molar refractivity (Wildman–Crippen MR) is 295 cm³/mol. The lowest BCUT2D eigenvalue weighted by atomic mass is 9.65. The summed E-state index contributed by atoms with van der Waals surface area (Å²) in [4.78, 5) is 2.49. The van der Waals surface area contributed by atoms with Crippen molar-refractivity contribution < 1.29 is 0 Å². The molecule has 1 unspecified atom stereocenters. The number of thiophene rings is 1. The Balaban J connectivity index is 1.05. The van der Waals surface area contributed by atoms with Crippen LogP contribution in [0, 0.1) is 0 Å². The Hall–Kier alpha value is -8.76. The maximum Gasteiger partial charge on any atom is 0.0726 e. The zero-order valence-electron chi connectivity index (χ0n) is 38.0. The van der Waals surface area contributed by atoms with E-state index in [1.54, 1.807) is 0 Å². The third-order valence-corrected chi connectivity index (χ3v) is 16.5. The number of nitrogens with zero attached hydrogens (tertiary/aromatic N) is 1. The van der Waals surface area contributed by atoms with Crippen LogP contribution < -0.4 is 10.2 Å². The fourth-order valence-electron chi connectivity index (χ4n) is 12.3. The van der Waals surface area contributed by atoms with Gasteiger partial charge in [0.2, 0.25) is 0 Å². The van der Waals surface area contributed by atoms with Crippen LogP contribution in [0.25, 0.3) is 86.9 Å². The minimum absolute atomic E-state index is 0.663. The average molecular weight is 907 g/mol. The topological polar surface area (TPSA) is 15.3 Å². The first-order valence-corrected chi connectivity index (χ1v) is 25.0. The molecule has 326 valence electrons. The quantitative estimate of drug-likeness (QED) is 0.189. The first-order chi connectivity index (χ1) is 34.7. The molecule has 0 amide bonds. The Morgan fingerprint density at radius 3 is 1.67 bits per heavy atom.